The van der Waals surface area contributed by atoms with E-state index in [1.807, 2.05) is 0 Å². The number of carbonyl (C=O) groups excluding carboxylic acids is 2. The Morgan fingerprint density at radius 2 is 1.45 bits per heavy atom. The van der Waals surface area contributed by atoms with Crippen LogP contribution < -0.4 is 0 Å². The van der Waals surface area contributed by atoms with Crippen molar-refractivity contribution in [3.8, 4) is 0 Å². The van der Waals surface area contributed by atoms with Gasteiger partial charge in [0.25, 0.3) is 0 Å². The van der Waals surface area contributed by atoms with Gasteiger partial charge in [-0.15, -0.1) is 0 Å². The van der Waals surface area contributed by atoms with Gasteiger partial charge in [-0.1, -0.05) is 18.2 Å². The second kappa shape index (κ2) is 16.0. The van der Waals surface area contributed by atoms with Gasteiger partial charge in [-0.3, -0.25) is 4.79 Å². The molecule has 6 nitrogen and oxygen atoms in total. The molecule has 0 aliphatic heterocycles. The molecule has 0 aliphatic rings. The highest BCUT2D eigenvalue weighted by Crippen LogP contribution is 2.10. The molecule has 2 aromatic rings. The molecule has 0 atom stereocenters. The minimum absolute atomic E-state index is 0.301. The van der Waals surface area contributed by atoms with E-state index in [2.05, 4.69) is 30.5 Å². The largest absolute Gasteiger partial charge is 0.288 e. The van der Waals surface area contributed by atoms with Gasteiger partial charge in [-0.25, -0.2) is 22.4 Å². The van der Waals surface area contributed by atoms with Crippen LogP contribution >= 0.6 is 0 Å². The van der Waals surface area contributed by atoms with E-state index in [4.69, 9.17) is 5.53 Å². The van der Waals surface area contributed by atoms with E-state index in [0.29, 0.717) is 11.1 Å². The maximum Gasteiger partial charge on any atom is 0.242 e. The summed E-state index contributed by atoms with van der Waals surface area (Å²) < 4.78 is 50.1. The van der Waals surface area contributed by atoms with Gasteiger partial charge in [0.05, 0.1) is 0 Å². The van der Waals surface area contributed by atoms with E-state index >= 15 is 0 Å². The van der Waals surface area contributed by atoms with Gasteiger partial charge in [0, 0.05) is 33.6 Å². The van der Waals surface area contributed by atoms with Crippen LogP contribution in [-0.4, -0.2) is 34.5 Å². The van der Waals surface area contributed by atoms with Crippen molar-refractivity contribution in [3.05, 3.63) is 93.5 Å². The fraction of sp³-hybridized carbons (Fsp3) is 0. The number of nitrogens with zero attached hydrogens (tertiary/aromatic N) is 4. The van der Waals surface area contributed by atoms with Crippen molar-refractivity contribution in [2.75, 3.05) is 0 Å². The third-order valence-corrected chi connectivity index (χ3v) is 2.84. The predicted molar refractivity (Wildman–Crippen MR) is 110 cm³/mol. The Balaban J connectivity index is 0.000000519. The smallest absolute Gasteiger partial charge is 0.242 e. The van der Waals surface area contributed by atoms with Crippen molar-refractivity contribution < 1.29 is 27.2 Å². The minimum Gasteiger partial charge on any atom is -0.288 e. The molecule has 13 heteroatoms. The third-order valence-electron chi connectivity index (χ3n) is 2.84. The Labute approximate surface area is 178 Å². The second-order valence-electron chi connectivity index (χ2n) is 4.94. The zero-order chi connectivity index (χ0) is 23.6. The van der Waals surface area contributed by atoms with Crippen LogP contribution in [0.5, 0.6) is 0 Å². The Morgan fingerprint density at radius 1 is 0.968 bits per heavy atom. The first-order valence-corrected chi connectivity index (χ1v) is 7.95. The highest BCUT2D eigenvalue weighted by molar-refractivity contribution is 7.17. The molecule has 0 unspecified atom stereocenters. The van der Waals surface area contributed by atoms with Crippen LogP contribution in [0.25, 0.3) is 22.6 Å². The van der Waals surface area contributed by atoms with E-state index in [1.54, 1.807) is 0 Å². The molecule has 5 radical (unpaired) electrons. The summed E-state index contributed by atoms with van der Waals surface area (Å²) in [5.74, 6) is -4.61. The van der Waals surface area contributed by atoms with Gasteiger partial charge in [-0.05, 0) is 58.2 Å². The molecule has 2 aromatic carbocycles. The number of rotatable bonds is 4. The minimum atomic E-state index is -1.01. The molecule has 0 heterocycles. The fourth-order valence-corrected chi connectivity index (χ4v) is 1.63. The fourth-order valence-electron chi connectivity index (χ4n) is 1.63. The summed E-state index contributed by atoms with van der Waals surface area (Å²) in [6, 6.07) is 6.53. The van der Waals surface area contributed by atoms with E-state index in [0.717, 1.165) is 43.6 Å². The molecule has 151 valence electrons. The summed E-state index contributed by atoms with van der Waals surface area (Å²) in [4.78, 5) is 25.7. The van der Waals surface area contributed by atoms with Crippen LogP contribution in [0.2, 0.25) is 0 Å². The van der Waals surface area contributed by atoms with Crippen LogP contribution in [0.1, 0.15) is 11.1 Å². The van der Waals surface area contributed by atoms with Gasteiger partial charge in [0.2, 0.25) is 12.0 Å². The van der Waals surface area contributed by atoms with E-state index in [1.165, 1.54) is 30.4 Å². The second-order valence-corrected chi connectivity index (χ2v) is 4.94. The summed E-state index contributed by atoms with van der Waals surface area (Å²) in [5.41, 5.74) is 8.64. The molecule has 0 aromatic heterocycles. The monoisotopic (exact) mass is 423 g/mol. The predicted octanol–water partition coefficient (Wildman–Crippen LogP) is 3.94. The summed E-state index contributed by atoms with van der Waals surface area (Å²) in [7, 11) is 10.0. The lowest BCUT2D eigenvalue weighted by molar-refractivity contribution is -0.113. The maximum absolute atomic E-state index is 12.7. The van der Waals surface area contributed by atoms with Crippen LogP contribution in [-0.2, 0) is 9.59 Å². The van der Waals surface area contributed by atoms with Crippen molar-refractivity contribution >= 4 is 46.7 Å². The molecular weight excluding hydrogens is 413 g/mol. The van der Waals surface area contributed by atoms with Crippen molar-refractivity contribution in [1.29, 1.82) is 0 Å². The first kappa shape index (κ1) is 27.2. The molecule has 0 spiro atoms. The Bertz CT molecular complexity index is 1040. The van der Waals surface area contributed by atoms with E-state index < -0.39 is 29.2 Å². The standard InChI is InChI=1S/C9H5F2N3O.C9H5F2NO.B3/c10-7-3-1-6(5-8(7)11)2-4-9(15)13-14-12;10-8-2-1-7(5-9(8)11)3-4-12-6-13;1-3-2/h1-5H;1-5H;/b4-2+;4-3+;. The number of carbonyl (C=O) groups is 1. The molecule has 0 N–H and O–H groups in total. The topological polar surface area (TPSA) is 95.3 Å². The highest BCUT2D eigenvalue weighted by atomic mass is 19.2. The molecule has 2 rings (SSSR count). The van der Waals surface area contributed by atoms with Crippen molar-refractivity contribution in [3.63, 3.8) is 0 Å². The lowest BCUT2D eigenvalue weighted by Gasteiger charge is -1.94. The number of halogens is 4. The van der Waals surface area contributed by atoms with Gasteiger partial charge in [0.15, 0.2) is 23.3 Å². The number of azide groups is 1. The average molecular weight is 423 g/mol. The Morgan fingerprint density at radius 3 is 1.87 bits per heavy atom. The van der Waals surface area contributed by atoms with Gasteiger partial charge >= 0.3 is 0 Å². The van der Waals surface area contributed by atoms with E-state index in [-0.39, 0.29) is 0 Å². The normalized spacial score (nSPS) is 9.42. The SMILES string of the molecule is O=C=N/C=C/c1ccc(F)c(F)c1.[B][B][B].[N-]=[N+]=NC(=O)/C=C/c1ccc(F)c(F)c1. The number of hydrogen-bond acceptors (Lipinski definition) is 3. The number of benzene rings is 2. The van der Waals surface area contributed by atoms with Crippen LogP contribution in [0.3, 0.4) is 0 Å². The first-order chi connectivity index (χ1) is 14.8. The summed E-state index contributed by atoms with van der Waals surface area (Å²) in [6.45, 7) is 0. The van der Waals surface area contributed by atoms with Crippen LogP contribution in [0.15, 0.2) is 58.8 Å². The molecule has 0 saturated carbocycles. The summed E-state index contributed by atoms with van der Waals surface area (Å²) in [6.07, 6.45) is 5.99. The number of hydrogen-bond donors (Lipinski definition) is 0. The highest BCUT2D eigenvalue weighted by Gasteiger charge is 2.00. The third kappa shape index (κ3) is 12.4. The Hall–Kier alpha value is -3.81. The Kier molecular flexibility index (Phi) is 14.1. The molecule has 0 aliphatic carbocycles. The molecule has 0 fully saturated rings. The van der Waals surface area contributed by atoms with Gasteiger partial charge in [0.1, 0.15) is 0 Å². The van der Waals surface area contributed by atoms with Crippen molar-refractivity contribution in [2.45, 2.75) is 0 Å². The molecular formula is C18H10B3F4N4O2. The molecule has 0 bridgehead atoms. The molecule has 31 heavy (non-hydrogen) atoms. The molecule has 0 saturated heterocycles. The zero-order valence-electron chi connectivity index (χ0n) is 15.6. The number of amides is 1. The van der Waals surface area contributed by atoms with Gasteiger partial charge in [-0.2, -0.15) is 4.99 Å². The quantitative estimate of drug-likeness (QED) is 0.109. The summed E-state index contributed by atoms with van der Waals surface area (Å²) in [5, 5.41) is 2.77. The summed E-state index contributed by atoms with van der Waals surface area (Å²) >= 11 is 0. The van der Waals surface area contributed by atoms with Crippen LogP contribution in [0.4, 0.5) is 17.6 Å². The zero-order valence-corrected chi connectivity index (χ0v) is 15.6. The lowest BCUT2D eigenvalue weighted by atomic mass is 9.40. The number of aliphatic imine (C=N–C) groups is 1. The number of isocyanates is 1. The van der Waals surface area contributed by atoms with Crippen LogP contribution in [0, 0.1) is 23.3 Å². The molecule has 1 amide bonds. The first-order valence-electron chi connectivity index (χ1n) is 7.95. The lowest BCUT2D eigenvalue weighted by Crippen LogP contribution is -1.86. The average Bonchev–Trinajstić information content (AvgIpc) is 2.73. The van der Waals surface area contributed by atoms with Crippen molar-refractivity contribution in [2.24, 2.45) is 10.1 Å². The maximum atomic E-state index is 12.7. The van der Waals surface area contributed by atoms with Crippen molar-refractivity contribution in [1.82, 2.24) is 0 Å². The van der Waals surface area contributed by atoms with E-state index in [9.17, 15) is 27.2 Å². The van der Waals surface area contributed by atoms with Gasteiger partial charge < -0.3 is 0 Å².